The third-order valence-electron chi connectivity index (χ3n) is 4.53. The summed E-state index contributed by atoms with van der Waals surface area (Å²) in [5, 5.41) is 11.8. The largest absolute Gasteiger partial charge is 0.339 e. The summed E-state index contributed by atoms with van der Waals surface area (Å²) in [5.41, 5.74) is 4.73. The molecular formula is C19H17N3. The van der Waals surface area contributed by atoms with Gasteiger partial charge in [-0.3, -0.25) is 4.98 Å². The molecule has 108 valence electrons. The molecule has 0 bridgehead atoms. The van der Waals surface area contributed by atoms with Crippen LogP contribution in [0.1, 0.15) is 29.8 Å². The predicted octanol–water partition coefficient (Wildman–Crippen LogP) is 1.83. The number of allylic oxidation sites excluding steroid dienone is 2. The van der Waals surface area contributed by atoms with E-state index in [0.717, 1.165) is 37.1 Å². The van der Waals surface area contributed by atoms with Crippen molar-refractivity contribution in [3.63, 3.8) is 0 Å². The average Bonchev–Trinajstić information content (AvgIpc) is 3.05. The fourth-order valence-electron chi connectivity index (χ4n) is 3.57. The van der Waals surface area contributed by atoms with Gasteiger partial charge in [0.15, 0.2) is 0 Å². The van der Waals surface area contributed by atoms with Crippen LogP contribution in [0.4, 0.5) is 0 Å². The first-order valence-electron chi connectivity index (χ1n) is 7.79. The van der Waals surface area contributed by atoms with Crippen molar-refractivity contribution < 1.29 is 0 Å². The van der Waals surface area contributed by atoms with Crippen molar-refractivity contribution in [1.29, 1.82) is 5.26 Å². The highest BCUT2D eigenvalue weighted by atomic mass is 15.0. The Morgan fingerprint density at radius 2 is 2.18 bits per heavy atom. The van der Waals surface area contributed by atoms with E-state index in [0.29, 0.717) is 0 Å². The summed E-state index contributed by atoms with van der Waals surface area (Å²) in [6.07, 6.45) is 12.4. The lowest BCUT2D eigenvalue weighted by Gasteiger charge is -2.08. The molecule has 0 fully saturated rings. The van der Waals surface area contributed by atoms with Crippen LogP contribution in [0.3, 0.4) is 0 Å². The first kappa shape index (κ1) is 13.1. The van der Waals surface area contributed by atoms with Crippen LogP contribution in [-0.2, 0) is 19.4 Å². The fraction of sp³-hybridized carbons (Fsp3) is 0.263. The summed E-state index contributed by atoms with van der Waals surface area (Å²) in [6.45, 7) is 0.810. The zero-order valence-corrected chi connectivity index (χ0v) is 12.4. The number of nitrogens with zero attached hydrogens (tertiary/aromatic N) is 3. The van der Waals surface area contributed by atoms with Gasteiger partial charge in [-0.25, -0.2) is 0 Å². The van der Waals surface area contributed by atoms with Crippen LogP contribution >= 0.6 is 0 Å². The zero-order valence-electron chi connectivity index (χ0n) is 12.4. The molecule has 0 saturated heterocycles. The molecule has 2 aliphatic carbocycles. The third kappa shape index (κ3) is 2.08. The molecule has 22 heavy (non-hydrogen) atoms. The van der Waals surface area contributed by atoms with Crippen molar-refractivity contribution in [2.24, 2.45) is 0 Å². The minimum absolute atomic E-state index is 0.777. The smallest absolute Gasteiger partial charge is 0.0988 e. The molecule has 2 aromatic rings. The second kappa shape index (κ2) is 5.31. The minimum atomic E-state index is 0.777. The number of nitriles is 1. The Balaban J connectivity index is 1.92. The van der Waals surface area contributed by atoms with E-state index in [-0.39, 0.29) is 0 Å². The number of hydrogen-bond acceptors (Lipinski definition) is 2. The highest BCUT2D eigenvalue weighted by molar-refractivity contribution is 5.60. The Labute approximate surface area is 129 Å². The lowest BCUT2D eigenvalue weighted by atomic mass is 10.1. The highest BCUT2D eigenvalue weighted by Crippen LogP contribution is 2.19. The molecule has 3 nitrogen and oxygen atoms in total. The van der Waals surface area contributed by atoms with Crippen LogP contribution in [-0.4, -0.2) is 9.55 Å². The van der Waals surface area contributed by atoms with Gasteiger partial charge in [0, 0.05) is 28.0 Å². The van der Waals surface area contributed by atoms with Crippen molar-refractivity contribution >= 4 is 12.2 Å². The number of hydrogen-bond donors (Lipinski definition) is 0. The van der Waals surface area contributed by atoms with Gasteiger partial charge < -0.3 is 4.57 Å². The first-order valence-corrected chi connectivity index (χ1v) is 7.79. The average molecular weight is 287 g/mol. The normalized spacial score (nSPS) is 15.7. The first-order chi connectivity index (χ1) is 10.9. The van der Waals surface area contributed by atoms with Gasteiger partial charge in [0.1, 0.15) is 0 Å². The molecule has 2 heterocycles. The van der Waals surface area contributed by atoms with E-state index in [1.165, 1.54) is 28.2 Å². The molecule has 2 aromatic heterocycles. The predicted molar refractivity (Wildman–Crippen MR) is 86.3 cm³/mol. The molecule has 0 spiro atoms. The maximum atomic E-state index is 9.25. The molecule has 4 rings (SSSR count). The molecule has 0 amide bonds. The van der Waals surface area contributed by atoms with E-state index in [2.05, 4.69) is 33.8 Å². The molecule has 0 radical (unpaired) electrons. The van der Waals surface area contributed by atoms with Crippen molar-refractivity contribution in [2.75, 3.05) is 0 Å². The summed E-state index contributed by atoms with van der Waals surface area (Å²) in [4.78, 5) is 4.47. The SMILES string of the molecule is N#CC1=CCC=c2c(c3c(n2Cc2ccccn2)CCC3)=C1. The molecule has 0 unspecified atom stereocenters. The number of fused-ring (bicyclic) bond motifs is 3. The van der Waals surface area contributed by atoms with E-state index in [1.807, 2.05) is 24.4 Å². The van der Waals surface area contributed by atoms with E-state index < -0.39 is 0 Å². The van der Waals surface area contributed by atoms with Gasteiger partial charge in [-0.1, -0.05) is 18.2 Å². The van der Waals surface area contributed by atoms with Crippen molar-refractivity contribution in [3.05, 3.63) is 63.6 Å². The van der Waals surface area contributed by atoms with Crippen molar-refractivity contribution in [1.82, 2.24) is 9.55 Å². The van der Waals surface area contributed by atoms with E-state index in [4.69, 9.17) is 0 Å². The van der Waals surface area contributed by atoms with Gasteiger partial charge in [-0.05, 0) is 49.5 Å². The van der Waals surface area contributed by atoms with Crippen molar-refractivity contribution in [3.8, 4) is 6.07 Å². The second-order valence-electron chi connectivity index (χ2n) is 5.84. The maximum absolute atomic E-state index is 9.25. The lowest BCUT2D eigenvalue weighted by Crippen LogP contribution is -2.31. The van der Waals surface area contributed by atoms with E-state index >= 15 is 0 Å². The molecule has 0 N–H and O–H groups in total. The van der Waals surface area contributed by atoms with E-state index in [1.54, 1.807) is 0 Å². The molecule has 0 aromatic carbocycles. The van der Waals surface area contributed by atoms with Crippen LogP contribution in [0.25, 0.3) is 12.2 Å². The van der Waals surface area contributed by atoms with Gasteiger partial charge >= 0.3 is 0 Å². The summed E-state index contributed by atoms with van der Waals surface area (Å²) < 4.78 is 2.41. The zero-order chi connectivity index (χ0) is 14.9. The maximum Gasteiger partial charge on any atom is 0.0988 e. The lowest BCUT2D eigenvalue weighted by molar-refractivity contribution is 0.705. The Morgan fingerprint density at radius 3 is 3.00 bits per heavy atom. The van der Waals surface area contributed by atoms with Gasteiger partial charge in [0.2, 0.25) is 0 Å². The number of rotatable bonds is 2. The molecule has 0 aliphatic heterocycles. The molecule has 0 atom stereocenters. The quantitative estimate of drug-likeness (QED) is 0.845. The Hall–Kier alpha value is -2.60. The summed E-state index contributed by atoms with van der Waals surface area (Å²) in [5.74, 6) is 0. The Kier molecular flexibility index (Phi) is 3.16. The van der Waals surface area contributed by atoms with Crippen LogP contribution in [0.15, 0.2) is 36.0 Å². The van der Waals surface area contributed by atoms with Gasteiger partial charge in [0.25, 0.3) is 0 Å². The number of aromatic nitrogens is 2. The van der Waals surface area contributed by atoms with Crippen LogP contribution in [0.2, 0.25) is 0 Å². The Morgan fingerprint density at radius 1 is 1.23 bits per heavy atom. The monoisotopic (exact) mass is 287 g/mol. The molecule has 2 aliphatic rings. The summed E-state index contributed by atoms with van der Waals surface area (Å²) >= 11 is 0. The van der Waals surface area contributed by atoms with Crippen LogP contribution in [0.5, 0.6) is 0 Å². The van der Waals surface area contributed by atoms with Gasteiger partial charge in [0.05, 0.1) is 18.3 Å². The second-order valence-corrected chi connectivity index (χ2v) is 5.84. The molecule has 3 heteroatoms. The minimum Gasteiger partial charge on any atom is -0.339 e. The highest BCUT2D eigenvalue weighted by Gasteiger charge is 2.20. The van der Waals surface area contributed by atoms with Crippen molar-refractivity contribution in [2.45, 2.75) is 32.2 Å². The van der Waals surface area contributed by atoms with E-state index in [9.17, 15) is 5.26 Å². The summed E-state index contributed by atoms with van der Waals surface area (Å²) in [7, 11) is 0. The fourth-order valence-corrected chi connectivity index (χ4v) is 3.57. The number of pyridine rings is 1. The molecular weight excluding hydrogens is 270 g/mol. The topological polar surface area (TPSA) is 41.6 Å². The van der Waals surface area contributed by atoms with Gasteiger partial charge in [-0.15, -0.1) is 0 Å². The van der Waals surface area contributed by atoms with Crippen LogP contribution in [0, 0.1) is 11.3 Å². The third-order valence-corrected chi connectivity index (χ3v) is 4.53. The van der Waals surface area contributed by atoms with Gasteiger partial charge in [-0.2, -0.15) is 5.26 Å². The summed E-state index contributed by atoms with van der Waals surface area (Å²) in [6, 6.07) is 8.36. The molecule has 0 saturated carbocycles. The Bertz CT molecular complexity index is 908. The van der Waals surface area contributed by atoms with Crippen LogP contribution < -0.4 is 10.6 Å². The standard InChI is InChI=1S/C19H17N3/c20-12-14-5-3-8-19-17(11-14)16-7-4-9-18(16)22(19)13-15-6-1-2-10-21-15/h1-2,5-6,8,10-11H,3-4,7,9,13H2.